The maximum absolute atomic E-state index is 3.93. The third kappa shape index (κ3) is 3.32. The highest BCUT2D eigenvalue weighted by Crippen LogP contribution is 2.10. The van der Waals surface area contributed by atoms with Crippen LogP contribution in [0.15, 0.2) is 12.3 Å². The molecule has 2 unspecified atom stereocenters. The Kier molecular flexibility index (Phi) is 3.75. The molecule has 0 saturated carbocycles. The van der Waals surface area contributed by atoms with Crippen LogP contribution in [0.1, 0.15) is 31.9 Å². The van der Waals surface area contributed by atoms with Crippen LogP contribution >= 0.6 is 0 Å². The first kappa shape index (κ1) is 10.6. The van der Waals surface area contributed by atoms with Gasteiger partial charge in [-0.05, 0) is 38.8 Å². The molecule has 1 aliphatic heterocycles. The summed E-state index contributed by atoms with van der Waals surface area (Å²) < 4.78 is 0. The summed E-state index contributed by atoms with van der Waals surface area (Å²) in [5.74, 6) is 0. The molecule has 2 atom stereocenters. The number of nitrogens with one attached hydrogen (secondary N) is 3. The van der Waals surface area contributed by atoms with Crippen molar-refractivity contribution in [3.8, 4) is 0 Å². The molecule has 1 aromatic rings. The molecule has 4 nitrogen and oxygen atoms in total. The second-order valence-electron chi connectivity index (χ2n) is 4.39. The van der Waals surface area contributed by atoms with Crippen LogP contribution in [0.4, 0.5) is 0 Å². The highest BCUT2D eigenvalue weighted by Gasteiger charge is 2.16. The average Bonchev–Trinajstić information content (AvgIpc) is 2.86. The van der Waals surface area contributed by atoms with Gasteiger partial charge in [0, 0.05) is 30.5 Å². The summed E-state index contributed by atoms with van der Waals surface area (Å²) in [6.07, 6.45) is 5.67. The molecule has 0 aromatic carbocycles. The number of hydrogen-bond donors (Lipinski definition) is 3. The molecule has 3 N–H and O–H groups in total. The maximum atomic E-state index is 3.93. The van der Waals surface area contributed by atoms with Gasteiger partial charge in [0.2, 0.25) is 0 Å². The molecule has 1 fully saturated rings. The minimum Gasteiger partial charge on any atom is -0.314 e. The lowest BCUT2D eigenvalue weighted by Crippen LogP contribution is -2.33. The minimum absolute atomic E-state index is 0.559. The fourth-order valence-corrected chi connectivity index (χ4v) is 2.14. The standard InChI is InChI=1S/C11H20N4/c1-9(7-10-3-2-5-12-10)13-8-11-4-6-14-15-11/h4,6,9-10,12-13H,2-3,5,7-8H2,1H3,(H,14,15). The van der Waals surface area contributed by atoms with Crippen molar-refractivity contribution >= 4 is 0 Å². The van der Waals surface area contributed by atoms with Gasteiger partial charge in [0.05, 0.1) is 0 Å². The van der Waals surface area contributed by atoms with Gasteiger partial charge in [-0.3, -0.25) is 5.10 Å². The molecule has 0 spiro atoms. The van der Waals surface area contributed by atoms with E-state index in [2.05, 4.69) is 27.8 Å². The molecule has 1 aromatic heterocycles. The van der Waals surface area contributed by atoms with Gasteiger partial charge in [0.25, 0.3) is 0 Å². The van der Waals surface area contributed by atoms with E-state index in [9.17, 15) is 0 Å². The second kappa shape index (κ2) is 5.28. The molecule has 4 heteroatoms. The van der Waals surface area contributed by atoms with Gasteiger partial charge in [-0.1, -0.05) is 0 Å². The van der Waals surface area contributed by atoms with Gasteiger partial charge in [-0.25, -0.2) is 0 Å². The summed E-state index contributed by atoms with van der Waals surface area (Å²) in [5, 5.41) is 13.9. The summed E-state index contributed by atoms with van der Waals surface area (Å²) in [7, 11) is 0. The van der Waals surface area contributed by atoms with Gasteiger partial charge in [-0.15, -0.1) is 0 Å². The Labute approximate surface area is 90.8 Å². The molecule has 1 saturated heterocycles. The third-order valence-corrected chi connectivity index (χ3v) is 3.00. The number of hydrogen-bond acceptors (Lipinski definition) is 3. The minimum atomic E-state index is 0.559. The third-order valence-electron chi connectivity index (χ3n) is 3.00. The SMILES string of the molecule is CC(CC1CCCN1)NCc1ccn[nH]1. The van der Waals surface area contributed by atoms with Gasteiger partial charge >= 0.3 is 0 Å². The van der Waals surface area contributed by atoms with Gasteiger partial charge in [0.1, 0.15) is 0 Å². The van der Waals surface area contributed by atoms with Gasteiger partial charge in [0.15, 0.2) is 0 Å². The fraction of sp³-hybridized carbons (Fsp3) is 0.727. The number of aromatic amines is 1. The van der Waals surface area contributed by atoms with Crippen LogP contribution in [0.5, 0.6) is 0 Å². The largest absolute Gasteiger partial charge is 0.314 e. The number of aromatic nitrogens is 2. The topological polar surface area (TPSA) is 52.7 Å². The van der Waals surface area contributed by atoms with Crippen LogP contribution in [0, 0.1) is 0 Å². The van der Waals surface area contributed by atoms with Gasteiger partial charge < -0.3 is 10.6 Å². The van der Waals surface area contributed by atoms with E-state index in [0.29, 0.717) is 12.1 Å². The van der Waals surface area contributed by atoms with Crippen LogP contribution < -0.4 is 10.6 Å². The van der Waals surface area contributed by atoms with E-state index in [1.165, 1.54) is 25.8 Å². The van der Waals surface area contributed by atoms with E-state index in [1.54, 1.807) is 6.20 Å². The molecule has 2 rings (SSSR count). The van der Waals surface area contributed by atoms with Crippen molar-refractivity contribution in [1.82, 2.24) is 20.8 Å². The van der Waals surface area contributed by atoms with E-state index in [1.807, 2.05) is 6.07 Å². The highest BCUT2D eigenvalue weighted by atomic mass is 15.1. The van der Waals surface area contributed by atoms with Crippen molar-refractivity contribution in [2.75, 3.05) is 6.54 Å². The Morgan fingerprint density at radius 3 is 3.27 bits per heavy atom. The van der Waals surface area contributed by atoms with E-state index in [4.69, 9.17) is 0 Å². The van der Waals surface area contributed by atoms with Crippen molar-refractivity contribution in [1.29, 1.82) is 0 Å². The molecule has 0 bridgehead atoms. The Morgan fingerprint density at radius 1 is 1.67 bits per heavy atom. The Morgan fingerprint density at radius 2 is 2.60 bits per heavy atom. The molecule has 15 heavy (non-hydrogen) atoms. The first-order valence-electron chi connectivity index (χ1n) is 5.79. The Bertz CT molecular complexity index is 264. The van der Waals surface area contributed by atoms with Gasteiger partial charge in [-0.2, -0.15) is 5.10 Å². The number of rotatable bonds is 5. The van der Waals surface area contributed by atoms with Crippen molar-refractivity contribution < 1.29 is 0 Å². The first-order chi connectivity index (χ1) is 7.34. The van der Waals surface area contributed by atoms with E-state index >= 15 is 0 Å². The van der Waals surface area contributed by atoms with E-state index in [-0.39, 0.29) is 0 Å². The summed E-state index contributed by atoms with van der Waals surface area (Å²) >= 11 is 0. The molecule has 0 amide bonds. The normalized spacial score (nSPS) is 23.1. The second-order valence-corrected chi connectivity index (χ2v) is 4.39. The molecule has 84 valence electrons. The zero-order valence-corrected chi connectivity index (χ0v) is 9.29. The Hall–Kier alpha value is -0.870. The number of nitrogens with zero attached hydrogens (tertiary/aromatic N) is 1. The van der Waals surface area contributed by atoms with Crippen LogP contribution in [-0.4, -0.2) is 28.8 Å². The predicted molar refractivity (Wildman–Crippen MR) is 60.5 cm³/mol. The molecular weight excluding hydrogens is 188 g/mol. The monoisotopic (exact) mass is 208 g/mol. The van der Waals surface area contributed by atoms with Crippen LogP contribution in [0.25, 0.3) is 0 Å². The van der Waals surface area contributed by atoms with Crippen LogP contribution in [-0.2, 0) is 6.54 Å². The van der Waals surface area contributed by atoms with Crippen molar-refractivity contribution in [3.63, 3.8) is 0 Å². The number of H-pyrrole nitrogens is 1. The lowest BCUT2D eigenvalue weighted by Gasteiger charge is -2.17. The van der Waals surface area contributed by atoms with E-state index in [0.717, 1.165) is 12.2 Å². The van der Waals surface area contributed by atoms with Crippen LogP contribution in [0.3, 0.4) is 0 Å². The molecule has 0 aliphatic carbocycles. The van der Waals surface area contributed by atoms with Crippen molar-refractivity contribution in [2.45, 2.75) is 44.8 Å². The lowest BCUT2D eigenvalue weighted by atomic mass is 10.1. The molecule has 1 aliphatic rings. The zero-order valence-electron chi connectivity index (χ0n) is 9.29. The summed E-state index contributed by atoms with van der Waals surface area (Å²) in [5.41, 5.74) is 1.15. The molecule has 0 radical (unpaired) electrons. The Balaban J connectivity index is 1.66. The zero-order chi connectivity index (χ0) is 10.5. The highest BCUT2D eigenvalue weighted by molar-refractivity contribution is 4.96. The summed E-state index contributed by atoms with van der Waals surface area (Å²) in [4.78, 5) is 0. The first-order valence-corrected chi connectivity index (χ1v) is 5.79. The van der Waals surface area contributed by atoms with Crippen molar-refractivity contribution in [3.05, 3.63) is 18.0 Å². The van der Waals surface area contributed by atoms with Crippen molar-refractivity contribution in [2.24, 2.45) is 0 Å². The lowest BCUT2D eigenvalue weighted by molar-refractivity contribution is 0.438. The van der Waals surface area contributed by atoms with Crippen LogP contribution in [0.2, 0.25) is 0 Å². The summed E-state index contributed by atoms with van der Waals surface area (Å²) in [6, 6.07) is 3.28. The maximum Gasteiger partial charge on any atom is 0.0490 e. The smallest absolute Gasteiger partial charge is 0.0490 e. The quantitative estimate of drug-likeness (QED) is 0.677. The fourth-order valence-electron chi connectivity index (χ4n) is 2.14. The molecular formula is C11H20N4. The summed E-state index contributed by atoms with van der Waals surface area (Å²) in [6.45, 7) is 4.32. The predicted octanol–water partition coefficient (Wildman–Crippen LogP) is 1.03. The average molecular weight is 208 g/mol. The molecule has 2 heterocycles. The van der Waals surface area contributed by atoms with E-state index < -0.39 is 0 Å².